The average Bonchev–Trinajstić information content (AvgIpc) is 2.59. The molecule has 0 saturated carbocycles. The second-order valence-electron chi connectivity index (χ2n) is 5.03. The van der Waals surface area contributed by atoms with Gasteiger partial charge in [-0.25, -0.2) is 0 Å². The number of amides is 2. The maximum Gasteiger partial charge on any atom is 0.254 e. The summed E-state index contributed by atoms with van der Waals surface area (Å²) in [5.41, 5.74) is 1.99. The molecule has 2 aromatic rings. The summed E-state index contributed by atoms with van der Waals surface area (Å²) in [7, 11) is 0. The van der Waals surface area contributed by atoms with Gasteiger partial charge in [-0.3, -0.25) is 9.59 Å². The maximum atomic E-state index is 12.2. The number of hydrogen-bond donors (Lipinski definition) is 2. The second-order valence-corrected chi connectivity index (χ2v) is 6.05. The molecule has 5 heteroatoms. The van der Waals surface area contributed by atoms with Gasteiger partial charge in [-0.15, -0.1) is 18.2 Å². The number of rotatable bonds is 6. The SMILES string of the molecule is C#CCNC(=O)c1ccccc1NC(=O)CSc1ccccc1C. The van der Waals surface area contributed by atoms with Gasteiger partial charge in [0.25, 0.3) is 5.91 Å². The lowest BCUT2D eigenvalue weighted by Crippen LogP contribution is -2.25. The molecular weight excluding hydrogens is 320 g/mol. The molecule has 0 saturated heterocycles. The number of terminal acetylenes is 1. The summed E-state index contributed by atoms with van der Waals surface area (Å²) < 4.78 is 0. The Hall–Kier alpha value is -2.71. The van der Waals surface area contributed by atoms with Crippen LogP contribution in [0.3, 0.4) is 0 Å². The summed E-state index contributed by atoms with van der Waals surface area (Å²) >= 11 is 1.46. The first-order valence-electron chi connectivity index (χ1n) is 7.41. The number of hydrogen-bond acceptors (Lipinski definition) is 3. The minimum Gasteiger partial charge on any atom is -0.341 e. The number of anilines is 1. The van der Waals surface area contributed by atoms with Crippen LogP contribution in [-0.4, -0.2) is 24.1 Å². The van der Waals surface area contributed by atoms with Crippen LogP contribution in [0.1, 0.15) is 15.9 Å². The zero-order chi connectivity index (χ0) is 17.4. The number of nitrogens with one attached hydrogen (secondary N) is 2. The molecule has 122 valence electrons. The Morgan fingerprint density at radius 1 is 1.12 bits per heavy atom. The summed E-state index contributed by atoms with van der Waals surface area (Å²) in [6.07, 6.45) is 5.14. The van der Waals surface area contributed by atoms with E-state index < -0.39 is 0 Å². The standard InChI is InChI=1S/C19H18N2O2S/c1-3-12-20-19(23)15-9-5-6-10-16(15)21-18(22)13-24-17-11-7-4-8-14(17)2/h1,4-11H,12-13H2,2H3,(H,20,23)(H,21,22). The molecule has 0 aromatic heterocycles. The van der Waals surface area contributed by atoms with Crippen LogP contribution in [0.5, 0.6) is 0 Å². The number of aryl methyl sites for hydroxylation is 1. The second kappa shape index (κ2) is 8.80. The zero-order valence-corrected chi connectivity index (χ0v) is 14.2. The third kappa shape index (κ3) is 4.90. The third-order valence-corrected chi connectivity index (χ3v) is 4.42. The molecule has 2 rings (SSSR count). The predicted octanol–water partition coefficient (Wildman–Crippen LogP) is 3.09. The largest absolute Gasteiger partial charge is 0.341 e. The van der Waals surface area contributed by atoms with E-state index in [0.29, 0.717) is 11.3 Å². The van der Waals surface area contributed by atoms with Crippen LogP contribution < -0.4 is 10.6 Å². The molecule has 0 aliphatic heterocycles. The molecule has 0 fully saturated rings. The monoisotopic (exact) mass is 338 g/mol. The molecular formula is C19H18N2O2S. The van der Waals surface area contributed by atoms with Crippen molar-refractivity contribution < 1.29 is 9.59 Å². The quantitative estimate of drug-likeness (QED) is 0.629. The lowest BCUT2D eigenvalue weighted by molar-refractivity contribution is -0.113. The van der Waals surface area contributed by atoms with Crippen molar-refractivity contribution in [1.82, 2.24) is 5.32 Å². The summed E-state index contributed by atoms with van der Waals surface area (Å²) in [6.45, 7) is 2.15. The molecule has 0 heterocycles. The van der Waals surface area contributed by atoms with Crippen molar-refractivity contribution in [3.63, 3.8) is 0 Å². The first-order valence-corrected chi connectivity index (χ1v) is 8.39. The highest BCUT2D eigenvalue weighted by Crippen LogP contribution is 2.22. The highest BCUT2D eigenvalue weighted by atomic mass is 32.2. The van der Waals surface area contributed by atoms with Gasteiger partial charge in [-0.05, 0) is 30.7 Å². The van der Waals surface area contributed by atoms with E-state index in [1.807, 2.05) is 31.2 Å². The summed E-state index contributed by atoms with van der Waals surface area (Å²) in [4.78, 5) is 25.3. The fourth-order valence-electron chi connectivity index (χ4n) is 2.06. The van der Waals surface area contributed by atoms with Gasteiger partial charge in [0.1, 0.15) is 0 Å². The molecule has 2 aromatic carbocycles. The van der Waals surface area contributed by atoms with Crippen molar-refractivity contribution in [2.45, 2.75) is 11.8 Å². The van der Waals surface area contributed by atoms with Crippen molar-refractivity contribution in [1.29, 1.82) is 0 Å². The van der Waals surface area contributed by atoms with E-state index in [4.69, 9.17) is 6.42 Å². The summed E-state index contributed by atoms with van der Waals surface area (Å²) in [5.74, 6) is 2.14. The van der Waals surface area contributed by atoms with Gasteiger partial charge in [-0.1, -0.05) is 36.3 Å². The topological polar surface area (TPSA) is 58.2 Å². The van der Waals surface area contributed by atoms with Crippen molar-refractivity contribution in [3.05, 3.63) is 59.7 Å². The van der Waals surface area contributed by atoms with Gasteiger partial charge in [0.15, 0.2) is 0 Å². The molecule has 0 bridgehead atoms. The maximum absolute atomic E-state index is 12.2. The molecule has 0 unspecified atom stereocenters. The highest BCUT2D eigenvalue weighted by Gasteiger charge is 2.12. The van der Waals surface area contributed by atoms with E-state index in [9.17, 15) is 9.59 Å². The lowest BCUT2D eigenvalue weighted by atomic mass is 10.1. The molecule has 2 amide bonds. The van der Waals surface area contributed by atoms with E-state index in [1.165, 1.54) is 11.8 Å². The Balaban J connectivity index is 2.00. The van der Waals surface area contributed by atoms with Gasteiger partial charge in [0.05, 0.1) is 23.5 Å². The van der Waals surface area contributed by atoms with E-state index >= 15 is 0 Å². The van der Waals surface area contributed by atoms with Crippen LogP contribution >= 0.6 is 11.8 Å². The molecule has 24 heavy (non-hydrogen) atoms. The third-order valence-electron chi connectivity index (χ3n) is 3.25. The smallest absolute Gasteiger partial charge is 0.254 e. The van der Waals surface area contributed by atoms with Crippen LogP contribution in [0, 0.1) is 19.3 Å². The van der Waals surface area contributed by atoms with E-state index in [1.54, 1.807) is 24.3 Å². The van der Waals surface area contributed by atoms with Crippen LogP contribution in [0.25, 0.3) is 0 Å². The minimum absolute atomic E-state index is 0.143. The average molecular weight is 338 g/mol. The zero-order valence-electron chi connectivity index (χ0n) is 13.3. The van der Waals surface area contributed by atoms with E-state index in [2.05, 4.69) is 16.6 Å². The van der Waals surface area contributed by atoms with Crippen molar-refractivity contribution in [2.24, 2.45) is 0 Å². The van der Waals surface area contributed by atoms with Crippen LogP contribution in [-0.2, 0) is 4.79 Å². The van der Waals surface area contributed by atoms with Crippen LogP contribution in [0.2, 0.25) is 0 Å². The van der Waals surface area contributed by atoms with Gasteiger partial charge in [0, 0.05) is 4.90 Å². The number of carbonyl (C=O) groups is 2. The highest BCUT2D eigenvalue weighted by molar-refractivity contribution is 8.00. The van der Waals surface area contributed by atoms with Crippen molar-refractivity contribution in [2.75, 3.05) is 17.6 Å². The molecule has 0 atom stereocenters. The van der Waals surface area contributed by atoms with Crippen molar-refractivity contribution >= 4 is 29.3 Å². The number of benzene rings is 2. The molecule has 0 radical (unpaired) electrons. The van der Waals surface area contributed by atoms with E-state index in [-0.39, 0.29) is 24.1 Å². The molecule has 0 aliphatic rings. The normalized spacial score (nSPS) is 9.83. The van der Waals surface area contributed by atoms with E-state index in [0.717, 1.165) is 10.5 Å². The Labute approximate surface area is 146 Å². The Kier molecular flexibility index (Phi) is 6.47. The summed E-state index contributed by atoms with van der Waals surface area (Å²) in [5, 5.41) is 5.38. The minimum atomic E-state index is -0.310. The van der Waals surface area contributed by atoms with Gasteiger partial charge in [-0.2, -0.15) is 0 Å². The van der Waals surface area contributed by atoms with Crippen molar-refractivity contribution in [3.8, 4) is 12.3 Å². The Morgan fingerprint density at radius 3 is 2.58 bits per heavy atom. The van der Waals surface area contributed by atoms with Gasteiger partial charge < -0.3 is 10.6 Å². The fourth-order valence-corrected chi connectivity index (χ4v) is 2.89. The number of thioether (sulfide) groups is 1. The number of para-hydroxylation sites is 1. The first kappa shape index (κ1) is 17.6. The van der Waals surface area contributed by atoms with Gasteiger partial charge >= 0.3 is 0 Å². The first-order chi connectivity index (χ1) is 11.6. The fraction of sp³-hybridized carbons (Fsp3) is 0.158. The number of carbonyl (C=O) groups excluding carboxylic acids is 2. The van der Waals surface area contributed by atoms with Crippen LogP contribution in [0.4, 0.5) is 5.69 Å². The molecule has 0 aliphatic carbocycles. The molecule has 0 spiro atoms. The Morgan fingerprint density at radius 2 is 1.83 bits per heavy atom. The Bertz CT molecular complexity index is 781. The van der Waals surface area contributed by atoms with Crippen LogP contribution in [0.15, 0.2) is 53.4 Å². The molecule has 4 nitrogen and oxygen atoms in total. The lowest BCUT2D eigenvalue weighted by Gasteiger charge is -2.11. The molecule has 2 N–H and O–H groups in total. The summed E-state index contributed by atoms with van der Waals surface area (Å²) in [6, 6.07) is 14.7. The van der Waals surface area contributed by atoms with Gasteiger partial charge in [0.2, 0.25) is 5.91 Å². The predicted molar refractivity (Wildman–Crippen MR) is 98.1 cm³/mol.